The molecule has 1 amide bonds. The van der Waals surface area contributed by atoms with Crippen molar-refractivity contribution < 1.29 is 9.53 Å². The molecule has 0 aliphatic heterocycles. The van der Waals surface area contributed by atoms with E-state index in [0.717, 1.165) is 36.9 Å². The van der Waals surface area contributed by atoms with Crippen LogP contribution >= 0.6 is 31.9 Å². The summed E-state index contributed by atoms with van der Waals surface area (Å²) >= 11 is 6.80. The van der Waals surface area contributed by atoms with Gasteiger partial charge in [-0.1, -0.05) is 50.1 Å². The van der Waals surface area contributed by atoms with E-state index in [1.54, 1.807) is 18.2 Å². The van der Waals surface area contributed by atoms with Crippen LogP contribution in [0.15, 0.2) is 75.2 Å². The molecule has 156 valence electrons. The summed E-state index contributed by atoms with van der Waals surface area (Å²) in [4.78, 5) is 12.5. The smallest absolute Gasteiger partial charge is 0.266 e. The maximum atomic E-state index is 12.5. The maximum Gasteiger partial charge on any atom is 0.266 e. The number of carbonyl (C=O) groups is 1. The molecule has 6 heteroatoms. The molecule has 0 spiro atoms. The van der Waals surface area contributed by atoms with E-state index in [9.17, 15) is 10.1 Å². The second kappa shape index (κ2) is 10.4. The predicted molar refractivity (Wildman–Crippen MR) is 131 cm³/mol. The maximum absolute atomic E-state index is 12.5. The fraction of sp³-hybridized carbons (Fsp3) is 0.120. The average molecular weight is 540 g/mol. The molecule has 0 saturated carbocycles. The number of nitrogens with one attached hydrogen (secondary N) is 1. The van der Waals surface area contributed by atoms with E-state index in [1.165, 1.54) is 0 Å². The molecule has 0 aromatic heterocycles. The fourth-order valence-corrected chi connectivity index (χ4v) is 3.77. The molecule has 0 bridgehead atoms. The van der Waals surface area contributed by atoms with E-state index in [-0.39, 0.29) is 5.57 Å². The monoisotopic (exact) mass is 538 g/mol. The third-order valence-electron chi connectivity index (χ3n) is 4.54. The van der Waals surface area contributed by atoms with Crippen LogP contribution in [0.5, 0.6) is 5.75 Å². The third-order valence-corrected chi connectivity index (χ3v) is 5.56. The third kappa shape index (κ3) is 6.30. The molecule has 3 aromatic rings. The van der Waals surface area contributed by atoms with Gasteiger partial charge < -0.3 is 10.1 Å². The lowest BCUT2D eigenvalue weighted by Gasteiger charge is -2.13. The lowest BCUT2D eigenvalue weighted by molar-refractivity contribution is -0.112. The molecule has 0 fully saturated rings. The highest BCUT2D eigenvalue weighted by molar-refractivity contribution is 9.10. The van der Waals surface area contributed by atoms with Crippen molar-refractivity contribution in [2.75, 3.05) is 5.32 Å². The van der Waals surface area contributed by atoms with Gasteiger partial charge in [0.25, 0.3) is 5.91 Å². The molecule has 4 nitrogen and oxygen atoms in total. The quantitative estimate of drug-likeness (QED) is 0.272. The second-order valence-electron chi connectivity index (χ2n) is 7.03. The zero-order valence-corrected chi connectivity index (χ0v) is 20.2. The number of amides is 1. The number of hydrogen-bond acceptors (Lipinski definition) is 3. The Morgan fingerprint density at radius 3 is 2.32 bits per heavy atom. The van der Waals surface area contributed by atoms with Gasteiger partial charge >= 0.3 is 0 Å². The van der Waals surface area contributed by atoms with Gasteiger partial charge in [-0.15, -0.1) is 0 Å². The minimum absolute atomic E-state index is 0.0299. The summed E-state index contributed by atoms with van der Waals surface area (Å²) in [5.41, 5.74) is 4.36. The summed E-state index contributed by atoms with van der Waals surface area (Å²) in [6.07, 6.45) is 1.59. The van der Waals surface area contributed by atoms with Gasteiger partial charge in [-0.2, -0.15) is 5.26 Å². The second-order valence-corrected chi connectivity index (χ2v) is 8.86. The zero-order valence-electron chi connectivity index (χ0n) is 17.1. The van der Waals surface area contributed by atoms with Gasteiger partial charge in [-0.3, -0.25) is 4.79 Å². The number of ether oxygens (including phenoxy) is 1. The number of hydrogen-bond donors (Lipinski definition) is 1. The topological polar surface area (TPSA) is 62.1 Å². The Bertz CT molecular complexity index is 1160. The van der Waals surface area contributed by atoms with Gasteiger partial charge in [0, 0.05) is 14.6 Å². The van der Waals surface area contributed by atoms with E-state index in [4.69, 9.17) is 4.74 Å². The van der Waals surface area contributed by atoms with Crippen molar-refractivity contribution in [2.24, 2.45) is 0 Å². The van der Waals surface area contributed by atoms with Gasteiger partial charge in [0.15, 0.2) is 0 Å². The summed E-state index contributed by atoms with van der Waals surface area (Å²) in [5, 5.41) is 12.2. The van der Waals surface area contributed by atoms with Crippen LogP contribution in [0.3, 0.4) is 0 Å². The number of halogens is 2. The number of nitrogens with zero attached hydrogens (tertiary/aromatic N) is 1. The molecule has 0 radical (unpaired) electrons. The highest BCUT2D eigenvalue weighted by atomic mass is 79.9. The van der Waals surface area contributed by atoms with Crippen LogP contribution in [0.2, 0.25) is 0 Å². The largest absolute Gasteiger partial charge is 0.488 e. The first-order valence-electron chi connectivity index (χ1n) is 9.53. The Kier molecular flexibility index (Phi) is 7.67. The van der Waals surface area contributed by atoms with Crippen molar-refractivity contribution in [1.82, 2.24) is 0 Å². The van der Waals surface area contributed by atoms with E-state index in [2.05, 4.69) is 37.2 Å². The summed E-state index contributed by atoms with van der Waals surface area (Å²) in [5.74, 6) is 0.351. The summed E-state index contributed by atoms with van der Waals surface area (Å²) in [6.45, 7) is 4.37. The van der Waals surface area contributed by atoms with Crippen molar-refractivity contribution in [1.29, 1.82) is 5.26 Å². The van der Waals surface area contributed by atoms with Crippen LogP contribution in [-0.4, -0.2) is 5.91 Å². The lowest BCUT2D eigenvalue weighted by atomic mass is 10.0. The number of nitriles is 1. The van der Waals surface area contributed by atoms with Crippen molar-refractivity contribution >= 4 is 49.5 Å². The Morgan fingerprint density at radius 1 is 1.03 bits per heavy atom. The predicted octanol–water partition coefficient (Wildman–Crippen LogP) is 6.95. The van der Waals surface area contributed by atoms with Gasteiger partial charge in [0.1, 0.15) is 24.0 Å². The molecule has 0 atom stereocenters. The Morgan fingerprint density at radius 2 is 1.71 bits per heavy atom. The van der Waals surface area contributed by atoms with Crippen molar-refractivity contribution in [3.05, 3.63) is 97.4 Å². The molecule has 0 aliphatic rings. The summed E-state index contributed by atoms with van der Waals surface area (Å²) in [6, 6.07) is 21.0. The first-order chi connectivity index (χ1) is 14.9. The highest BCUT2D eigenvalue weighted by Gasteiger charge is 2.12. The van der Waals surface area contributed by atoms with Crippen molar-refractivity contribution in [3.63, 3.8) is 0 Å². The molecular formula is C25H20Br2N2O2. The van der Waals surface area contributed by atoms with Crippen LogP contribution in [0.4, 0.5) is 5.69 Å². The Labute approximate surface area is 198 Å². The fourth-order valence-electron chi connectivity index (χ4n) is 3.11. The molecule has 0 heterocycles. The number of benzene rings is 3. The summed E-state index contributed by atoms with van der Waals surface area (Å²) in [7, 11) is 0. The van der Waals surface area contributed by atoms with E-state index < -0.39 is 5.91 Å². The number of aryl methyl sites for hydroxylation is 2. The zero-order chi connectivity index (χ0) is 22.4. The van der Waals surface area contributed by atoms with Crippen molar-refractivity contribution in [2.45, 2.75) is 20.5 Å². The lowest BCUT2D eigenvalue weighted by Crippen LogP contribution is -2.13. The van der Waals surface area contributed by atoms with E-state index >= 15 is 0 Å². The summed E-state index contributed by atoms with van der Waals surface area (Å²) < 4.78 is 7.90. The van der Waals surface area contributed by atoms with Gasteiger partial charge in [0.05, 0.1) is 0 Å². The molecule has 1 N–H and O–H groups in total. The van der Waals surface area contributed by atoms with E-state index in [0.29, 0.717) is 12.3 Å². The van der Waals surface area contributed by atoms with Crippen LogP contribution < -0.4 is 10.1 Å². The number of rotatable bonds is 6. The average Bonchev–Trinajstić information content (AvgIpc) is 2.72. The standard InChI is InChI=1S/C25H20Br2N2O2/c1-16-10-19(11-17(2)24(16)31-15-18-6-8-21(26)9-7-18)12-20(14-28)25(30)29-23-5-3-4-22(27)13-23/h3-13H,15H2,1-2H3,(H,29,30)/b20-12+. The number of carbonyl (C=O) groups excluding carboxylic acids is 1. The van der Waals surface area contributed by atoms with Gasteiger partial charge in [-0.05, 0) is 84.6 Å². The van der Waals surface area contributed by atoms with Gasteiger partial charge in [-0.25, -0.2) is 0 Å². The number of anilines is 1. The van der Waals surface area contributed by atoms with Crippen molar-refractivity contribution in [3.8, 4) is 11.8 Å². The first-order valence-corrected chi connectivity index (χ1v) is 11.1. The SMILES string of the molecule is Cc1cc(/C=C(\C#N)C(=O)Nc2cccc(Br)c2)cc(C)c1OCc1ccc(Br)cc1. The van der Waals surface area contributed by atoms with Crippen LogP contribution in [0, 0.1) is 25.2 Å². The Hall–Kier alpha value is -2.88. The first kappa shape index (κ1) is 22.8. The molecule has 0 unspecified atom stereocenters. The van der Waals surface area contributed by atoms with Crippen LogP contribution in [-0.2, 0) is 11.4 Å². The van der Waals surface area contributed by atoms with E-state index in [1.807, 2.05) is 68.4 Å². The molecular weight excluding hydrogens is 520 g/mol. The van der Waals surface area contributed by atoms with Crippen LogP contribution in [0.25, 0.3) is 6.08 Å². The Balaban J connectivity index is 1.76. The minimum Gasteiger partial charge on any atom is -0.488 e. The molecule has 31 heavy (non-hydrogen) atoms. The molecule has 3 rings (SSSR count). The normalized spacial score (nSPS) is 11.0. The molecule has 3 aromatic carbocycles. The molecule has 0 saturated heterocycles. The highest BCUT2D eigenvalue weighted by Crippen LogP contribution is 2.27. The van der Waals surface area contributed by atoms with Crippen LogP contribution in [0.1, 0.15) is 22.3 Å². The molecule has 0 aliphatic carbocycles. The van der Waals surface area contributed by atoms with Gasteiger partial charge in [0.2, 0.25) is 0 Å². The minimum atomic E-state index is -0.452.